The molecule has 0 unspecified atom stereocenters. The average Bonchev–Trinajstić information content (AvgIpc) is 3.25. The van der Waals surface area contributed by atoms with E-state index in [-0.39, 0.29) is 5.79 Å². The molecule has 3 heterocycles. The van der Waals surface area contributed by atoms with Crippen molar-refractivity contribution in [2.45, 2.75) is 31.7 Å². The fourth-order valence-corrected chi connectivity index (χ4v) is 3.63. The second-order valence-corrected chi connectivity index (χ2v) is 7.00. The van der Waals surface area contributed by atoms with Crippen molar-refractivity contribution in [1.82, 2.24) is 14.7 Å². The lowest BCUT2D eigenvalue weighted by atomic mass is 10.0. The van der Waals surface area contributed by atoms with Crippen molar-refractivity contribution in [3.8, 4) is 5.75 Å². The topological polar surface area (TPSA) is 61.9 Å². The molecule has 4 rings (SSSR count). The van der Waals surface area contributed by atoms with Crippen molar-refractivity contribution < 1.29 is 18.6 Å². The third kappa shape index (κ3) is 3.83. The van der Waals surface area contributed by atoms with Crippen LogP contribution < -0.4 is 4.74 Å². The maximum atomic E-state index is 5.77. The summed E-state index contributed by atoms with van der Waals surface area (Å²) in [5, 5.41) is 4.54. The zero-order chi connectivity index (χ0) is 18.0. The summed E-state index contributed by atoms with van der Waals surface area (Å²) in [6.07, 6.45) is 2.35. The summed E-state index contributed by atoms with van der Waals surface area (Å²) in [7, 11) is 1.66. The first-order valence-electron chi connectivity index (χ1n) is 8.86. The van der Waals surface area contributed by atoms with Gasteiger partial charge >= 0.3 is 0 Å². The molecule has 7 nitrogen and oxygen atoms in total. The van der Waals surface area contributed by atoms with Crippen LogP contribution in [0.25, 0.3) is 0 Å². The monoisotopic (exact) mass is 377 g/mol. The molecule has 1 spiro atoms. The molecule has 2 aromatic rings. The molecule has 1 aromatic heterocycles. The summed E-state index contributed by atoms with van der Waals surface area (Å²) in [5.41, 5.74) is 1.10. The summed E-state index contributed by atoms with van der Waals surface area (Å²) in [6.45, 7) is 3.80. The van der Waals surface area contributed by atoms with Gasteiger partial charge in [0.25, 0.3) is 4.84 Å². The second-order valence-electron chi connectivity index (χ2n) is 6.65. The molecule has 2 fully saturated rings. The third-order valence-corrected chi connectivity index (χ3v) is 5.22. The molecule has 0 N–H and O–H groups in total. The Hall–Kier alpha value is -1.74. The molecule has 2 aliphatic rings. The number of rotatable bonds is 5. The number of ether oxygens (including phenoxy) is 3. The number of hydrogen-bond acceptors (Lipinski definition) is 7. The minimum atomic E-state index is -0.360. The number of benzene rings is 1. The van der Waals surface area contributed by atoms with E-state index in [2.05, 4.69) is 10.00 Å². The van der Waals surface area contributed by atoms with E-state index in [1.165, 1.54) is 0 Å². The molecule has 2 aliphatic heterocycles. The van der Waals surface area contributed by atoms with E-state index in [1.54, 1.807) is 11.8 Å². The highest BCUT2D eigenvalue weighted by molar-refractivity contribution is 7.71. The molecule has 1 aromatic carbocycles. The van der Waals surface area contributed by atoms with E-state index < -0.39 is 0 Å². The zero-order valence-corrected chi connectivity index (χ0v) is 15.7. The molecule has 8 heteroatoms. The van der Waals surface area contributed by atoms with E-state index in [9.17, 15) is 0 Å². The molecular weight excluding hydrogens is 354 g/mol. The van der Waals surface area contributed by atoms with Crippen LogP contribution in [-0.2, 0) is 22.6 Å². The van der Waals surface area contributed by atoms with Gasteiger partial charge in [0.05, 0.1) is 33.4 Å². The Morgan fingerprint density at radius 1 is 1.15 bits per heavy atom. The standard InChI is InChI=1S/C18H23N3O4S/c1-22-15-4-2-14(3-5-15)12-16-19-21(17(26)25-16)13-20-8-6-18(7-9-20)23-10-11-24-18/h2-5H,6-13H2,1H3. The van der Waals surface area contributed by atoms with Gasteiger partial charge in [0.15, 0.2) is 5.79 Å². The normalized spacial score (nSPS) is 19.9. The summed E-state index contributed by atoms with van der Waals surface area (Å²) < 4.78 is 24.1. The van der Waals surface area contributed by atoms with Crippen LogP contribution in [0.5, 0.6) is 5.75 Å². The number of piperidine rings is 1. The van der Waals surface area contributed by atoms with E-state index in [0.29, 0.717) is 37.0 Å². The lowest BCUT2D eigenvalue weighted by Gasteiger charge is -2.37. The van der Waals surface area contributed by atoms with Crippen LogP contribution in [-0.4, -0.2) is 53.9 Å². The first-order valence-corrected chi connectivity index (χ1v) is 9.27. The molecule has 0 saturated carbocycles. The van der Waals surface area contributed by atoms with Crippen LogP contribution in [0.1, 0.15) is 24.3 Å². The van der Waals surface area contributed by atoms with Crippen molar-refractivity contribution >= 4 is 12.2 Å². The molecule has 0 amide bonds. The minimum absolute atomic E-state index is 0.360. The number of methoxy groups -OCH3 is 1. The van der Waals surface area contributed by atoms with Gasteiger partial charge in [-0.05, 0) is 29.9 Å². The molecular formula is C18H23N3O4S. The van der Waals surface area contributed by atoms with Crippen LogP contribution in [0.4, 0.5) is 0 Å². The van der Waals surface area contributed by atoms with Gasteiger partial charge in [-0.3, -0.25) is 4.90 Å². The van der Waals surface area contributed by atoms with E-state index >= 15 is 0 Å². The first kappa shape index (κ1) is 17.7. The van der Waals surface area contributed by atoms with Crippen LogP contribution in [0, 0.1) is 4.84 Å². The van der Waals surface area contributed by atoms with Crippen molar-refractivity contribution in [1.29, 1.82) is 0 Å². The average molecular weight is 377 g/mol. The predicted molar refractivity (Wildman–Crippen MR) is 96.6 cm³/mol. The largest absolute Gasteiger partial charge is 0.497 e. The van der Waals surface area contributed by atoms with E-state index in [4.69, 9.17) is 30.8 Å². The predicted octanol–water partition coefficient (Wildman–Crippen LogP) is 2.60. The van der Waals surface area contributed by atoms with Crippen LogP contribution in [0.3, 0.4) is 0 Å². The van der Waals surface area contributed by atoms with Crippen molar-refractivity contribution in [3.05, 3.63) is 40.6 Å². The van der Waals surface area contributed by atoms with Crippen molar-refractivity contribution in [2.24, 2.45) is 0 Å². The Balaban J connectivity index is 1.36. The Morgan fingerprint density at radius 2 is 1.85 bits per heavy atom. The summed E-state index contributed by atoms with van der Waals surface area (Å²) in [6, 6.07) is 7.86. The summed E-state index contributed by atoms with van der Waals surface area (Å²) in [4.78, 5) is 2.70. The lowest BCUT2D eigenvalue weighted by molar-refractivity contribution is -0.187. The fraction of sp³-hybridized carbons (Fsp3) is 0.556. The molecule has 26 heavy (non-hydrogen) atoms. The van der Waals surface area contributed by atoms with Gasteiger partial charge in [-0.1, -0.05) is 12.1 Å². The smallest absolute Gasteiger partial charge is 0.288 e. The van der Waals surface area contributed by atoms with Gasteiger partial charge in [-0.25, -0.2) is 4.68 Å². The highest BCUT2D eigenvalue weighted by atomic mass is 32.1. The SMILES string of the molecule is COc1ccc(Cc2nn(CN3CCC4(CC3)OCCO4)c(=S)o2)cc1. The Morgan fingerprint density at radius 3 is 2.50 bits per heavy atom. The third-order valence-electron chi connectivity index (χ3n) is 4.93. The minimum Gasteiger partial charge on any atom is -0.497 e. The van der Waals surface area contributed by atoms with E-state index in [0.717, 1.165) is 37.2 Å². The van der Waals surface area contributed by atoms with E-state index in [1.807, 2.05) is 24.3 Å². The number of nitrogens with zero attached hydrogens (tertiary/aromatic N) is 3. The molecule has 140 valence electrons. The Kier molecular flexibility index (Phi) is 5.08. The number of likely N-dealkylation sites (tertiary alicyclic amines) is 1. The Labute approximate surface area is 157 Å². The number of hydrogen-bond donors (Lipinski definition) is 0. The van der Waals surface area contributed by atoms with Gasteiger partial charge in [-0.2, -0.15) is 0 Å². The molecule has 0 radical (unpaired) electrons. The zero-order valence-electron chi connectivity index (χ0n) is 14.8. The summed E-state index contributed by atoms with van der Waals surface area (Å²) in [5.74, 6) is 1.09. The quantitative estimate of drug-likeness (QED) is 0.742. The van der Waals surface area contributed by atoms with Crippen molar-refractivity contribution in [3.63, 3.8) is 0 Å². The van der Waals surface area contributed by atoms with Crippen LogP contribution in [0.15, 0.2) is 28.7 Å². The second kappa shape index (κ2) is 7.48. The first-order chi connectivity index (χ1) is 12.7. The van der Waals surface area contributed by atoms with Gasteiger partial charge in [-0.15, -0.1) is 5.10 Å². The highest BCUT2D eigenvalue weighted by Crippen LogP contribution is 2.31. The highest BCUT2D eigenvalue weighted by Gasteiger charge is 2.39. The fourth-order valence-electron chi connectivity index (χ4n) is 3.44. The van der Waals surface area contributed by atoms with Crippen molar-refractivity contribution in [2.75, 3.05) is 33.4 Å². The number of aromatic nitrogens is 2. The molecule has 0 atom stereocenters. The van der Waals surface area contributed by atoms with Gasteiger partial charge in [0, 0.05) is 25.9 Å². The maximum absolute atomic E-state index is 5.77. The maximum Gasteiger partial charge on any atom is 0.288 e. The van der Waals surface area contributed by atoms with Gasteiger partial charge < -0.3 is 18.6 Å². The molecule has 0 aliphatic carbocycles. The molecule has 2 saturated heterocycles. The van der Waals surface area contributed by atoms with Gasteiger partial charge in [0.1, 0.15) is 5.75 Å². The summed E-state index contributed by atoms with van der Waals surface area (Å²) >= 11 is 5.34. The van der Waals surface area contributed by atoms with Gasteiger partial charge in [0.2, 0.25) is 5.89 Å². The Bertz CT molecular complexity index is 786. The molecule has 0 bridgehead atoms. The van der Waals surface area contributed by atoms with Crippen LogP contribution in [0.2, 0.25) is 0 Å². The lowest BCUT2D eigenvalue weighted by Crippen LogP contribution is -2.45. The van der Waals surface area contributed by atoms with Crippen LogP contribution >= 0.6 is 12.2 Å².